The second-order valence-electron chi connectivity index (χ2n) is 8.32. The van der Waals surface area contributed by atoms with Crippen molar-refractivity contribution in [2.75, 3.05) is 46.4 Å². The van der Waals surface area contributed by atoms with E-state index in [2.05, 4.69) is 30.7 Å². The molecule has 1 saturated carbocycles. The van der Waals surface area contributed by atoms with E-state index >= 15 is 0 Å². The lowest BCUT2D eigenvalue weighted by molar-refractivity contribution is -0.135. The summed E-state index contributed by atoms with van der Waals surface area (Å²) in [5.74, 6) is 1.06. The Morgan fingerprint density at radius 2 is 2.07 bits per heavy atom. The second-order valence-corrected chi connectivity index (χ2v) is 8.32. The van der Waals surface area contributed by atoms with Gasteiger partial charge in [-0.3, -0.25) is 14.6 Å². The van der Waals surface area contributed by atoms with Gasteiger partial charge in [-0.05, 0) is 30.9 Å². The van der Waals surface area contributed by atoms with E-state index in [0.29, 0.717) is 6.54 Å². The first-order valence-corrected chi connectivity index (χ1v) is 10.5. The number of rotatable bonds is 4. The molecule has 28 heavy (non-hydrogen) atoms. The van der Waals surface area contributed by atoms with E-state index in [1.807, 2.05) is 0 Å². The molecule has 1 aliphatic carbocycles. The highest BCUT2D eigenvalue weighted by Gasteiger charge is 2.30. The van der Waals surface area contributed by atoms with Crippen LogP contribution >= 0.6 is 0 Å². The van der Waals surface area contributed by atoms with Crippen LogP contribution in [0.1, 0.15) is 30.5 Å². The standard InChI is InChI=1S/C21H29N5O2/c1-28-16-11-18-17-5-6-24(13-19(17)23-21(18)22-12-16)14-20(27)26-9-7-25(8-10-26)15-3-2-4-15/h11-12,15H,2-10,13-14H2,1H3,(H,22,23). The lowest BCUT2D eigenvalue weighted by Gasteiger charge is -2.43. The third kappa shape index (κ3) is 3.26. The van der Waals surface area contributed by atoms with Crippen molar-refractivity contribution in [2.24, 2.45) is 0 Å². The third-order valence-electron chi connectivity index (χ3n) is 6.73. The first kappa shape index (κ1) is 17.9. The van der Waals surface area contributed by atoms with E-state index < -0.39 is 0 Å². The van der Waals surface area contributed by atoms with Gasteiger partial charge in [-0.1, -0.05) is 6.42 Å². The van der Waals surface area contributed by atoms with E-state index in [0.717, 1.165) is 68.5 Å². The summed E-state index contributed by atoms with van der Waals surface area (Å²) >= 11 is 0. The van der Waals surface area contributed by atoms with Gasteiger partial charge in [0, 0.05) is 56.4 Å². The molecule has 2 aromatic rings. The van der Waals surface area contributed by atoms with E-state index in [9.17, 15) is 4.79 Å². The summed E-state index contributed by atoms with van der Waals surface area (Å²) in [4.78, 5) is 27.6. The predicted molar refractivity (Wildman–Crippen MR) is 107 cm³/mol. The maximum absolute atomic E-state index is 12.8. The minimum atomic E-state index is 0.271. The molecule has 4 heterocycles. The Bertz CT molecular complexity index is 867. The number of nitrogens with one attached hydrogen (secondary N) is 1. The van der Waals surface area contributed by atoms with Crippen LogP contribution in [0.4, 0.5) is 0 Å². The quantitative estimate of drug-likeness (QED) is 0.869. The number of carbonyl (C=O) groups is 1. The second kappa shape index (κ2) is 7.37. The molecule has 2 aliphatic heterocycles. The van der Waals surface area contributed by atoms with Gasteiger partial charge in [0.05, 0.1) is 19.9 Å². The molecule has 150 valence electrons. The highest BCUT2D eigenvalue weighted by atomic mass is 16.5. The van der Waals surface area contributed by atoms with Crippen molar-refractivity contribution in [3.8, 4) is 5.75 Å². The van der Waals surface area contributed by atoms with Gasteiger partial charge in [-0.2, -0.15) is 0 Å². The van der Waals surface area contributed by atoms with Gasteiger partial charge >= 0.3 is 0 Å². The van der Waals surface area contributed by atoms with Crippen molar-refractivity contribution in [3.05, 3.63) is 23.5 Å². The Kier molecular flexibility index (Phi) is 4.72. The molecule has 0 radical (unpaired) electrons. The van der Waals surface area contributed by atoms with Crippen LogP contribution in [-0.4, -0.2) is 83.0 Å². The lowest BCUT2D eigenvalue weighted by Crippen LogP contribution is -2.55. The number of carbonyl (C=O) groups excluding carboxylic acids is 1. The van der Waals surface area contributed by atoms with E-state index in [1.54, 1.807) is 13.3 Å². The molecule has 1 N–H and O–H groups in total. The largest absolute Gasteiger partial charge is 0.495 e. The van der Waals surface area contributed by atoms with Crippen molar-refractivity contribution < 1.29 is 9.53 Å². The number of nitrogens with zero attached hydrogens (tertiary/aromatic N) is 4. The first-order valence-electron chi connectivity index (χ1n) is 10.5. The summed E-state index contributed by atoms with van der Waals surface area (Å²) in [5, 5.41) is 1.15. The zero-order chi connectivity index (χ0) is 19.1. The summed E-state index contributed by atoms with van der Waals surface area (Å²) in [5.41, 5.74) is 3.41. The number of amides is 1. The molecule has 3 aliphatic rings. The lowest BCUT2D eigenvalue weighted by atomic mass is 9.91. The van der Waals surface area contributed by atoms with Crippen LogP contribution in [0.2, 0.25) is 0 Å². The summed E-state index contributed by atoms with van der Waals surface area (Å²) < 4.78 is 5.32. The van der Waals surface area contributed by atoms with Gasteiger partial charge in [0.15, 0.2) is 0 Å². The van der Waals surface area contributed by atoms with Crippen LogP contribution in [0.3, 0.4) is 0 Å². The van der Waals surface area contributed by atoms with Gasteiger partial charge in [0.2, 0.25) is 5.91 Å². The van der Waals surface area contributed by atoms with E-state index in [-0.39, 0.29) is 5.91 Å². The fourth-order valence-corrected chi connectivity index (χ4v) is 4.78. The molecule has 0 atom stereocenters. The van der Waals surface area contributed by atoms with Crippen LogP contribution in [0.5, 0.6) is 5.75 Å². The Hall–Kier alpha value is -2.12. The monoisotopic (exact) mass is 383 g/mol. The van der Waals surface area contributed by atoms with Gasteiger partial charge in [-0.15, -0.1) is 0 Å². The Morgan fingerprint density at radius 3 is 2.79 bits per heavy atom. The molecule has 7 nitrogen and oxygen atoms in total. The zero-order valence-corrected chi connectivity index (χ0v) is 16.6. The molecule has 7 heteroatoms. The Morgan fingerprint density at radius 1 is 1.25 bits per heavy atom. The third-order valence-corrected chi connectivity index (χ3v) is 6.73. The molecule has 5 rings (SSSR count). The number of ether oxygens (including phenoxy) is 1. The van der Waals surface area contributed by atoms with Gasteiger partial charge in [0.25, 0.3) is 0 Å². The first-order chi connectivity index (χ1) is 13.7. The average Bonchev–Trinajstić information content (AvgIpc) is 3.04. The van der Waals surface area contributed by atoms with Crippen LogP contribution in [-0.2, 0) is 17.8 Å². The summed E-state index contributed by atoms with van der Waals surface area (Å²) in [6.45, 7) is 6.03. The number of hydrogen-bond donors (Lipinski definition) is 1. The van der Waals surface area contributed by atoms with E-state index in [1.165, 1.54) is 30.5 Å². The van der Waals surface area contributed by atoms with Crippen molar-refractivity contribution in [1.29, 1.82) is 0 Å². The molecular formula is C21H29N5O2. The highest BCUT2D eigenvalue weighted by molar-refractivity contribution is 5.83. The smallest absolute Gasteiger partial charge is 0.236 e. The molecule has 0 unspecified atom stereocenters. The maximum Gasteiger partial charge on any atom is 0.236 e. The van der Waals surface area contributed by atoms with E-state index in [4.69, 9.17) is 4.74 Å². The van der Waals surface area contributed by atoms with Gasteiger partial charge < -0.3 is 14.6 Å². The van der Waals surface area contributed by atoms with Crippen LogP contribution in [0.25, 0.3) is 11.0 Å². The van der Waals surface area contributed by atoms with Crippen LogP contribution in [0, 0.1) is 0 Å². The number of hydrogen-bond acceptors (Lipinski definition) is 5. The van der Waals surface area contributed by atoms with Crippen molar-refractivity contribution in [3.63, 3.8) is 0 Å². The number of aromatic amines is 1. The molecule has 0 aromatic carbocycles. The zero-order valence-electron chi connectivity index (χ0n) is 16.6. The molecule has 0 spiro atoms. The summed E-state index contributed by atoms with van der Waals surface area (Å²) in [6, 6.07) is 2.84. The fourth-order valence-electron chi connectivity index (χ4n) is 4.78. The number of methoxy groups -OCH3 is 1. The van der Waals surface area contributed by atoms with Gasteiger partial charge in [0.1, 0.15) is 11.4 Å². The Labute approximate surface area is 165 Å². The van der Waals surface area contributed by atoms with Crippen LogP contribution in [0.15, 0.2) is 12.3 Å². The predicted octanol–water partition coefficient (Wildman–Crippen LogP) is 1.63. The molecular weight excluding hydrogens is 354 g/mol. The Balaban J connectivity index is 1.20. The summed E-state index contributed by atoms with van der Waals surface area (Å²) in [7, 11) is 1.67. The molecule has 1 saturated heterocycles. The average molecular weight is 383 g/mol. The fraction of sp³-hybridized carbons (Fsp3) is 0.619. The normalized spacial score (nSPS) is 21.5. The molecule has 2 fully saturated rings. The topological polar surface area (TPSA) is 64.7 Å². The number of fused-ring (bicyclic) bond motifs is 3. The van der Waals surface area contributed by atoms with Crippen molar-refractivity contribution in [2.45, 2.75) is 38.3 Å². The number of piperazine rings is 1. The number of H-pyrrole nitrogens is 1. The van der Waals surface area contributed by atoms with Crippen LogP contribution < -0.4 is 4.74 Å². The number of pyridine rings is 1. The molecule has 0 bridgehead atoms. The van der Waals surface area contributed by atoms with Gasteiger partial charge in [-0.25, -0.2) is 4.98 Å². The SMILES string of the molecule is COc1cnc2[nH]c3c(c2c1)CCN(CC(=O)N1CCN(C2CCC2)CC1)C3. The maximum atomic E-state index is 12.8. The number of aromatic nitrogens is 2. The molecule has 2 aromatic heterocycles. The highest BCUT2D eigenvalue weighted by Crippen LogP contribution is 2.29. The van der Waals surface area contributed by atoms with Crippen molar-refractivity contribution in [1.82, 2.24) is 24.7 Å². The summed E-state index contributed by atoms with van der Waals surface area (Å²) in [6.07, 6.45) is 6.74. The minimum Gasteiger partial charge on any atom is -0.495 e. The molecule has 1 amide bonds. The van der Waals surface area contributed by atoms with Crippen molar-refractivity contribution >= 4 is 16.9 Å². The minimum absolute atomic E-state index is 0.271.